The van der Waals surface area contributed by atoms with Crippen LogP contribution in [0.5, 0.6) is 0 Å². The molecule has 0 saturated carbocycles. The number of hydrogen-bond acceptors (Lipinski definition) is 7. The van der Waals surface area contributed by atoms with E-state index < -0.39 is 16.5 Å². The molecule has 12 heteroatoms. The van der Waals surface area contributed by atoms with Crippen LogP contribution in [0.2, 0.25) is 10.0 Å². The van der Waals surface area contributed by atoms with Crippen LogP contribution in [0.15, 0.2) is 42.5 Å². The number of nitrogens with one attached hydrogen (secondary N) is 1. The predicted octanol–water partition coefficient (Wildman–Crippen LogP) is 4.53. The van der Waals surface area contributed by atoms with Crippen LogP contribution in [0, 0.1) is 10.1 Å². The average molecular weight is 478 g/mol. The van der Waals surface area contributed by atoms with Crippen LogP contribution in [0.1, 0.15) is 27.7 Å². The smallest absolute Gasteiger partial charge is 0.283 e. The lowest BCUT2D eigenvalue weighted by molar-refractivity contribution is -0.385. The first-order chi connectivity index (χ1) is 14.8. The third-order valence-corrected chi connectivity index (χ3v) is 6.16. The van der Waals surface area contributed by atoms with Crippen molar-refractivity contribution in [2.24, 2.45) is 0 Å². The van der Waals surface area contributed by atoms with Gasteiger partial charge in [0, 0.05) is 40.7 Å². The number of anilines is 2. The van der Waals surface area contributed by atoms with Gasteiger partial charge in [0.1, 0.15) is 10.6 Å². The molecular formula is C19H13Cl2N5O4S. The van der Waals surface area contributed by atoms with Crippen molar-refractivity contribution in [3.63, 3.8) is 0 Å². The second-order valence-electron chi connectivity index (χ2n) is 6.70. The third kappa shape index (κ3) is 4.50. The lowest BCUT2D eigenvalue weighted by atomic mass is 10.1. The SMILES string of the molecule is O=C(Nc1nnc(C2CC(=O)N(c3ccc(Cl)cc3)C2)s1)c1ccc(Cl)cc1[N+](=O)[O-]. The average Bonchev–Trinajstić information content (AvgIpc) is 3.35. The molecule has 31 heavy (non-hydrogen) atoms. The van der Waals surface area contributed by atoms with E-state index in [1.165, 1.54) is 12.1 Å². The summed E-state index contributed by atoms with van der Waals surface area (Å²) in [5, 5.41) is 23.3. The van der Waals surface area contributed by atoms with Gasteiger partial charge in [-0.25, -0.2) is 0 Å². The second kappa shape index (κ2) is 8.58. The van der Waals surface area contributed by atoms with Crippen LogP contribution >= 0.6 is 34.5 Å². The van der Waals surface area contributed by atoms with Gasteiger partial charge >= 0.3 is 0 Å². The molecule has 0 bridgehead atoms. The monoisotopic (exact) mass is 477 g/mol. The fourth-order valence-corrected chi connectivity index (χ4v) is 4.33. The number of nitro benzene ring substituents is 1. The molecule has 2 amide bonds. The molecule has 9 nitrogen and oxygen atoms in total. The number of benzene rings is 2. The Bertz CT molecular complexity index is 1180. The summed E-state index contributed by atoms with van der Waals surface area (Å²) in [6.07, 6.45) is 0.258. The van der Waals surface area contributed by atoms with E-state index in [-0.39, 0.29) is 34.0 Å². The van der Waals surface area contributed by atoms with E-state index in [9.17, 15) is 19.7 Å². The van der Waals surface area contributed by atoms with Gasteiger partial charge in [-0.05, 0) is 36.4 Å². The Morgan fingerprint density at radius 1 is 1.16 bits per heavy atom. The zero-order valence-corrected chi connectivity index (χ0v) is 17.9. The summed E-state index contributed by atoms with van der Waals surface area (Å²) < 4.78 is 0. The van der Waals surface area contributed by atoms with E-state index in [1.54, 1.807) is 29.2 Å². The normalized spacial score (nSPS) is 15.9. The van der Waals surface area contributed by atoms with Gasteiger partial charge in [0.15, 0.2) is 0 Å². The maximum Gasteiger partial charge on any atom is 0.283 e. The number of hydrogen-bond donors (Lipinski definition) is 1. The molecule has 1 atom stereocenters. The maximum absolute atomic E-state index is 12.5. The number of halogens is 2. The van der Waals surface area contributed by atoms with Gasteiger partial charge in [-0.2, -0.15) is 0 Å². The highest BCUT2D eigenvalue weighted by Gasteiger charge is 2.34. The molecule has 2 heterocycles. The zero-order chi connectivity index (χ0) is 22.1. The van der Waals surface area contributed by atoms with Gasteiger partial charge < -0.3 is 4.90 Å². The zero-order valence-electron chi connectivity index (χ0n) is 15.6. The first-order valence-corrected chi connectivity index (χ1v) is 10.5. The van der Waals surface area contributed by atoms with Crippen molar-refractivity contribution in [2.45, 2.75) is 12.3 Å². The molecule has 4 rings (SSSR count). The summed E-state index contributed by atoms with van der Waals surface area (Å²) in [6.45, 7) is 0.422. The molecule has 1 N–H and O–H groups in total. The quantitative estimate of drug-likeness (QED) is 0.425. The molecule has 1 saturated heterocycles. The van der Waals surface area contributed by atoms with Crippen molar-refractivity contribution < 1.29 is 14.5 Å². The van der Waals surface area contributed by atoms with Gasteiger partial charge in [-0.1, -0.05) is 34.5 Å². The number of nitro groups is 1. The van der Waals surface area contributed by atoms with Crippen LogP contribution in [0.25, 0.3) is 0 Å². The molecule has 3 aromatic rings. The van der Waals surface area contributed by atoms with Gasteiger partial charge in [0.05, 0.1) is 4.92 Å². The predicted molar refractivity (Wildman–Crippen MR) is 117 cm³/mol. The van der Waals surface area contributed by atoms with Crippen LogP contribution in [-0.4, -0.2) is 33.5 Å². The Hall–Kier alpha value is -3.08. The van der Waals surface area contributed by atoms with Crippen molar-refractivity contribution in [3.05, 3.63) is 73.2 Å². The molecule has 1 unspecified atom stereocenters. The van der Waals surface area contributed by atoms with Crippen LogP contribution in [0.4, 0.5) is 16.5 Å². The van der Waals surface area contributed by atoms with Crippen molar-refractivity contribution >= 4 is 62.9 Å². The van der Waals surface area contributed by atoms with Gasteiger partial charge in [0.25, 0.3) is 11.6 Å². The molecule has 1 fully saturated rings. The molecule has 1 aromatic heterocycles. The molecule has 158 valence electrons. The number of carbonyl (C=O) groups is 2. The highest BCUT2D eigenvalue weighted by molar-refractivity contribution is 7.15. The fourth-order valence-electron chi connectivity index (χ4n) is 3.21. The summed E-state index contributed by atoms with van der Waals surface area (Å²) in [5.41, 5.74) is 0.191. The summed E-state index contributed by atoms with van der Waals surface area (Å²) in [5.74, 6) is -0.933. The lowest BCUT2D eigenvalue weighted by Gasteiger charge is -2.16. The summed E-state index contributed by atoms with van der Waals surface area (Å²) in [7, 11) is 0. The minimum absolute atomic E-state index is 0.0510. The van der Waals surface area contributed by atoms with E-state index in [0.717, 1.165) is 23.1 Å². The van der Waals surface area contributed by atoms with Crippen molar-refractivity contribution in [3.8, 4) is 0 Å². The van der Waals surface area contributed by atoms with Crippen LogP contribution in [0.3, 0.4) is 0 Å². The molecule has 0 radical (unpaired) electrons. The second-order valence-corrected chi connectivity index (χ2v) is 8.58. The maximum atomic E-state index is 12.5. The third-order valence-electron chi connectivity index (χ3n) is 4.67. The van der Waals surface area contributed by atoms with Gasteiger partial charge in [0.2, 0.25) is 11.0 Å². The minimum Gasteiger partial charge on any atom is -0.312 e. The fraction of sp³-hybridized carbons (Fsp3) is 0.158. The Morgan fingerprint density at radius 3 is 2.58 bits per heavy atom. The van der Waals surface area contributed by atoms with Crippen molar-refractivity contribution in [1.29, 1.82) is 0 Å². The van der Waals surface area contributed by atoms with E-state index in [0.29, 0.717) is 16.6 Å². The lowest BCUT2D eigenvalue weighted by Crippen LogP contribution is -2.24. The topological polar surface area (TPSA) is 118 Å². The molecule has 1 aliphatic rings. The Labute approximate surface area is 189 Å². The summed E-state index contributed by atoms with van der Waals surface area (Å²) in [6, 6.07) is 10.7. The van der Waals surface area contributed by atoms with Gasteiger partial charge in [-0.15, -0.1) is 10.2 Å². The highest BCUT2D eigenvalue weighted by Crippen LogP contribution is 2.35. The first-order valence-electron chi connectivity index (χ1n) is 8.96. The molecular weight excluding hydrogens is 465 g/mol. The van der Waals surface area contributed by atoms with Crippen molar-refractivity contribution in [2.75, 3.05) is 16.8 Å². The van der Waals surface area contributed by atoms with E-state index in [1.807, 2.05) is 0 Å². The van der Waals surface area contributed by atoms with Crippen LogP contribution in [-0.2, 0) is 4.79 Å². The Kier molecular flexibility index (Phi) is 5.86. The minimum atomic E-state index is -0.698. The number of nitrogens with zero attached hydrogens (tertiary/aromatic N) is 4. The Balaban J connectivity index is 1.48. The van der Waals surface area contributed by atoms with E-state index >= 15 is 0 Å². The number of rotatable bonds is 5. The number of amides is 2. The molecule has 0 spiro atoms. The Morgan fingerprint density at radius 2 is 1.87 bits per heavy atom. The van der Waals surface area contributed by atoms with E-state index in [4.69, 9.17) is 23.2 Å². The first kappa shape index (κ1) is 21.2. The van der Waals surface area contributed by atoms with Crippen LogP contribution < -0.4 is 10.2 Å². The molecule has 1 aliphatic heterocycles. The highest BCUT2D eigenvalue weighted by atomic mass is 35.5. The van der Waals surface area contributed by atoms with E-state index in [2.05, 4.69) is 15.5 Å². The summed E-state index contributed by atoms with van der Waals surface area (Å²) in [4.78, 5) is 37.1. The molecule has 0 aliphatic carbocycles. The standard InChI is InChI=1S/C19H13Cl2N5O4S/c20-11-1-4-13(5-2-11)25-9-10(7-16(25)27)18-23-24-19(31-18)22-17(28)14-6-3-12(21)8-15(14)26(29)30/h1-6,8,10H,7,9H2,(H,22,24,28). The summed E-state index contributed by atoms with van der Waals surface area (Å²) >= 11 is 12.8. The number of carbonyl (C=O) groups excluding carboxylic acids is 2. The molecule has 2 aromatic carbocycles. The number of aromatic nitrogens is 2. The van der Waals surface area contributed by atoms with Gasteiger partial charge in [-0.3, -0.25) is 25.0 Å². The largest absolute Gasteiger partial charge is 0.312 e. The van der Waals surface area contributed by atoms with Crippen molar-refractivity contribution in [1.82, 2.24) is 10.2 Å².